The molecule has 0 aromatic heterocycles. The largest absolute Gasteiger partial charge is 0.493 e. The fourth-order valence-electron chi connectivity index (χ4n) is 3.21. The maximum Gasteiger partial charge on any atom is 0.161 e. The van der Waals surface area contributed by atoms with Crippen LogP contribution >= 0.6 is 0 Å². The monoisotopic (exact) mass is 322 g/mol. The summed E-state index contributed by atoms with van der Waals surface area (Å²) in [4.78, 5) is 4.85. The highest BCUT2D eigenvalue weighted by molar-refractivity contribution is 5.44. The van der Waals surface area contributed by atoms with E-state index in [-0.39, 0.29) is 12.6 Å². The lowest BCUT2D eigenvalue weighted by Crippen LogP contribution is -2.48. The van der Waals surface area contributed by atoms with Gasteiger partial charge in [-0.05, 0) is 37.6 Å². The highest BCUT2D eigenvalue weighted by Gasteiger charge is 2.25. The second-order valence-corrected chi connectivity index (χ2v) is 5.92. The number of ether oxygens (including phenoxy) is 2. The summed E-state index contributed by atoms with van der Waals surface area (Å²) < 4.78 is 11.0. The van der Waals surface area contributed by atoms with Crippen molar-refractivity contribution in [2.75, 3.05) is 53.0 Å². The van der Waals surface area contributed by atoms with Gasteiger partial charge in [0.15, 0.2) is 11.5 Å². The Balaban J connectivity index is 2.09. The number of rotatable bonds is 8. The third-order valence-electron chi connectivity index (χ3n) is 4.43. The number of aliphatic hydroxyl groups excluding tert-OH is 1. The van der Waals surface area contributed by atoms with Crippen LogP contribution in [0.3, 0.4) is 0 Å². The predicted molar refractivity (Wildman–Crippen MR) is 92.3 cm³/mol. The lowest BCUT2D eigenvalue weighted by atomic mass is 10.0. The van der Waals surface area contributed by atoms with Crippen LogP contribution in [0.25, 0.3) is 0 Å². The van der Waals surface area contributed by atoms with Gasteiger partial charge in [-0.2, -0.15) is 0 Å². The smallest absolute Gasteiger partial charge is 0.161 e. The van der Waals surface area contributed by atoms with Gasteiger partial charge in [0.1, 0.15) is 0 Å². The van der Waals surface area contributed by atoms with E-state index in [4.69, 9.17) is 9.47 Å². The number of benzene rings is 1. The first kappa shape index (κ1) is 18.0. The fourth-order valence-corrected chi connectivity index (χ4v) is 3.21. The molecule has 1 aliphatic rings. The summed E-state index contributed by atoms with van der Waals surface area (Å²) in [7, 11) is 1.65. The van der Waals surface area contributed by atoms with Gasteiger partial charge in [0.05, 0.1) is 26.4 Å². The van der Waals surface area contributed by atoms with Gasteiger partial charge in [-0.3, -0.25) is 4.90 Å². The number of methoxy groups -OCH3 is 1. The molecule has 1 atom stereocenters. The van der Waals surface area contributed by atoms with Crippen molar-refractivity contribution >= 4 is 0 Å². The van der Waals surface area contributed by atoms with Crippen molar-refractivity contribution in [2.45, 2.75) is 26.3 Å². The molecule has 0 bridgehead atoms. The van der Waals surface area contributed by atoms with Gasteiger partial charge < -0.3 is 19.5 Å². The van der Waals surface area contributed by atoms with E-state index >= 15 is 0 Å². The first-order valence-corrected chi connectivity index (χ1v) is 8.61. The Morgan fingerprint density at radius 3 is 2.43 bits per heavy atom. The molecule has 1 aliphatic heterocycles. The maximum absolute atomic E-state index is 9.91. The highest BCUT2D eigenvalue weighted by atomic mass is 16.5. The molecule has 130 valence electrons. The van der Waals surface area contributed by atoms with E-state index in [1.807, 2.05) is 25.1 Å². The molecule has 0 spiro atoms. The molecule has 2 rings (SSSR count). The number of hydrogen-bond acceptors (Lipinski definition) is 5. The van der Waals surface area contributed by atoms with Crippen molar-refractivity contribution in [3.63, 3.8) is 0 Å². The van der Waals surface area contributed by atoms with Crippen molar-refractivity contribution in [2.24, 2.45) is 0 Å². The third kappa shape index (κ3) is 4.59. The van der Waals surface area contributed by atoms with E-state index in [1.54, 1.807) is 7.11 Å². The molecule has 0 radical (unpaired) electrons. The first-order chi connectivity index (χ1) is 11.2. The summed E-state index contributed by atoms with van der Waals surface area (Å²) in [6.45, 7) is 10.2. The van der Waals surface area contributed by atoms with Crippen molar-refractivity contribution < 1.29 is 14.6 Å². The number of piperazine rings is 1. The zero-order chi connectivity index (χ0) is 16.7. The van der Waals surface area contributed by atoms with Gasteiger partial charge in [-0.1, -0.05) is 13.0 Å². The van der Waals surface area contributed by atoms with Crippen LogP contribution in [0.4, 0.5) is 0 Å². The minimum absolute atomic E-state index is 0.0170. The van der Waals surface area contributed by atoms with E-state index < -0.39 is 0 Å². The molecule has 0 saturated carbocycles. The van der Waals surface area contributed by atoms with Crippen LogP contribution in [0, 0.1) is 0 Å². The van der Waals surface area contributed by atoms with Crippen LogP contribution in [0.1, 0.15) is 31.9 Å². The molecule has 1 fully saturated rings. The number of nitrogens with zero attached hydrogens (tertiary/aromatic N) is 2. The molecule has 1 aromatic carbocycles. The normalized spacial score (nSPS) is 17.9. The molecule has 23 heavy (non-hydrogen) atoms. The lowest BCUT2D eigenvalue weighted by molar-refractivity contribution is 0.0650. The minimum atomic E-state index is 0.0170. The Kier molecular flexibility index (Phi) is 7.15. The SMILES string of the molecule is CCCN1CCN(C(CO)c2ccc(OCC)c(OC)c2)CC1. The lowest BCUT2D eigenvalue weighted by Gasteiger charge is -2.38. The molecular formula is C18H30N2O3. The maximum atomic E-state index is 9.91. The molecule has 5 heteroatoms. The van der Waals surface area contributed by atoms with Crippen molar-refractivity contribution in [1.82, 2.24) is 9.80 Å². The molecule has 0 amide bonds. The summed E-state index contributed by atoms with van der Waals surface area (Å²) in [5.74, 6) is 1.48. The summed E-state index contributed by atoms with van der Waals surface area (Å²) in [5, 5.41) is 9.91. The first-order valence-electron chi connectivity index (χ1n) is 8.61. The fraction of sp³-hybridized carbons (Fsp3) is 0.667. The molecule has 1 heterocycles. The second-order valence-electron chi connectivity index (χ2n) is 5.92. The van der Waals surface area contributed by atoms with Crippen LogP contribution in [0.5, 0.6) is 11.5 Å². The Bertz CT molecular complexity index is 473. The van der Waals surface area contributed by atoms with Gasteiger partial charge >= 0.3 is 0 Å². The van der Waals surface area contributed by atoms with Crippen LogP contribution in [0.2, 0.25) is 0 Å². The molecular weight excluding hydrogens is 292 g/mol. The average molecular weight is 322 g/mol. The summed E-state index contributed by atoms with van der Waals surface area (Å²) in [5.41, 5.74) is 1.08. The Labute approximate surface area is 139 Å². The molecule has 1 saturated heterocycles. The van der Waals surface area contributed by atoms with Crippen LogP contribution < -0.4 is 9.47 Å². The average Bonchev–Trinajstić information content (AvgIpc) is 2.58. The molecule has 1 unspecified atom stereocenters. The van der Waals surface area contributed by atoms with E-state index in [0.717, 1.165) is 49.8 Å². The Morgan fingerprint density at radius 2 is 1.87 bits per heavy atom. The van der Waals surface area contributed by atoms with Crippen LogP contribution in [-0.2, 0) is 0 Å². The van der Waals surface area contributed by atoms with E-state index in [2.05, 4.69) is 16.7 Å². The van der Waals surface area contributed by atoms with Gasteiger partial charge in [0, 0.05) is 26.2 Å². The summed E-state index contributed by atoms with van der Waals surface area (Å²) in [6, 6.07) is 5.98. The Hall–Kier alpha value is -1.30. The van der Waals surface area contributed by atoms with Gasteiger partial charge in [0.2, 0.25) is 0 Å². The van der Waals surface area contributed by atoms with E-state index in [0.29, 0.717) is 6.61 Å². The van der Waals surface area contributed by atoms with Crippen molar-refractivity contribution in [1.29, 1.82) is 0 Å². The minimum Gasteiger partial charge on any atom is -0.493 e. The molecule has 0 aliphatic carbocycles. The van der Waals surface area contributed by atoms with E-state index in [9.17, 15) is 5.11 Å². The predicted octanol–water partition coefficient (Wildman–Crippen LogP) is 2.15. The quantitative estimate of drug-likeness (QED) is 0.794. The third-order valence-corrected chi connectivity index (χ3v) is 4.43. The van der Waals surface area contributed by atoms with Gasteiger partial charge in [-0.15, -0.1) is 0 Å². The Morgan fingerprint density at radius 1 is 1.13 bits per heavy atom. The van der Waals surface area contributed by atoms with Gasteiger partial charge in [0.25, 0.3) is 0 Å². The summed E-state index contributed by atoms with van der Waals surface area (Å²) >= 11 is 0. The zero-order valence-corrected chi connectivity index (χ0v) is 14.6. The van der Waals surface area contributed by atoms with E-state index in [1.165, 1.54) is 6.42 Å². The summed E-state index contributed by atoms with van der Waals surface area (Å²) in [6.07, 6.45) is 1.19. The van der Waals surface area contributed by atoms with Crippen LogP contribution in [0.15, 0.2) is 18.2 Å². The standard InChI is InChI=1S/C18H30N2O3/c1-4-8-19-9-11-20(12-10-19)16(14-21)15-6-7-17(23-5-2)18(13-15)22-3/h6-7,13,16,21H,4-5,8-12,14H2,1-3H3. The van der Waals surface area contributed by atoms with Crippen molar-refractivity contribution in [3.05, 3.63) is 23.8 Å². The topological polar surface area (TPSA) is 45.2 Å². The van der Waals surface area contributed by atoms with Crippen LogP contribution in [-0.4, -0.2) is 68.0 Å². The number of aliphatic hydroxyl groups is 1. The number of hydrogen-bond donors (Lipinski definition) is 1. The second kappa shape index (κ2) is 9.11. The van der Waals surface area contributed by atoms with Crippen molar-refractivity contribution in [3.8, 4) is 11.5 Å². The molecule has 1 aromatic rings. The zero-order valence-electron chi connectivity index (χ0n) is 14.6. The molecule has 5 nitrogen and oxygen atoms in total. The molecule has 1 N–H and O–H groups in total. The highest BCUT2D eigenvalue weighted by Crippen LogP contribution is 2.32. The van der Waals surface area contributed by atoms with Gasteiger partial charge in [-0.25, -0.2) is 0 Å².